The van der Waals surface area contributed by atoms with Gasteiger partial charge in [0.2, 0.25) is 0 Å². The van der Waals surface area contributed by atoms with Crippen LogP contribution in [-0.2, 0) is 5.41 Å². The second-order valence-electron chi connectivity index (χ2n) is 5.83. The molecule has 1 aromatic rings. The summed E-state index contributed by atoms with van der Waals surface area (Å²) in [7, 11) is -1.23. The Balaban J connectivity index is 3.24. The number of allylic oxidation sites excluding steroid dienone is 1. The Morgan fingerprint density at radius 2 is 1.76 bits per heavy atom. The van der Waals surface area contributed by atoms with E-state index in [4.69, 9.17) is 0 Å². The molecule has 1 unspecified atom stereocenters. The van der Waals surface area contributed by atoms with Gasteiger partial charge in [-0.3, -0.25) is 0 Å². The molecule has 0 fully saturated rings. The molecule has 0 radical (unpaired) electrons. The van der Waals surface area contributed by atoms with E-state index in [0.29, 0.717) is 4.87 Å². The lowest BCUT2D eigenvalue weighted by molar-refractivity contribution is 0.639. The molecular formula is C15H24SSi. The minimum absolute atomic E-state index is 0.0746. The Morgan fingerprint density at radius 3 is 2.12 bits per heavy atom. The summed E-state index contributed by atoms with van der Waals surface area (Å²) in [6, 6.07) is 10.8. The van der Waals surface area contributed by atoms with Crippen LogP contribution in [0.4, 0.5) is 0 Å². The van der Waals surface area contributed by atoms with E-state index in [2.05, 4.69) is 75.8 Å². The van der Waals surface area contributed by atoms with Gasteiger partial charge in [0.1, 0.15) is 0 Å². The van der Waals surface area contributed by atoms with Crippen LogP contribution >= 0.6 is 11.8 Å². The molecule has 0 heterocycles. The van der Waals surface area contributed by atoms with E-state index in [1.54, 1.807) is 0 Å². The minimum Gasteiger partial charge on any atom is -0.164 e. The molecule has 94 valence electrons. The SMILES string of the molecule is C=CC(C)(c1ccccc1)[C@H](SC)[Si](C)(C)C. The first-order chi connectivity index (χ1) is 7.86. The van der Waals surface area contributed by atoms with Crippen molar-refractivity contribution in [1.82, 2.24) is 0 Å². The van der Waals surface area contributed by atoms with Gasteiger partial charge < -0.3 is 0 Å². The molecule has 1 rings (SSSR count). The largest absolute Gasteiger partial charge is 0.164 e. The topological polar surface area (TPSA) is 0 Å². The van der Waals surface area contributed by atoms with Crippen molar-refractivity contribution >= 4 is 19.8 Å². The van der Waals surface area contributed by atoms with Gasteiger partial charge in [-0.25, -0.2) is 0 Å². The molecule has 2 atom stereocenters. The Kier molecular flexibility index (Phi) is 4.67. The molecule has 0 aliphatic carbocycles. The van der Waals surface area contributed by atoms with Crippen LogP contribution in [0.15, 0.2) is 43.0 Å². The van der Waals surface area contributed by atoms with Crippen molar-refractivity contribution in [2.75, 3.05) is 6.26 Å². The zero-order valence-electron chi connectivity index (χ0n) is 11.7. The first-order valence-electron chi connectivity index (χ1n) is 6.08. The van der Waals surface area contributed by atoms with Gasteiger partial charge in [-0.1, -0.05) is 63.0 Å². The monoisotopic (exact) mass is 264 g/mol. The molecule has 0 bridgehead atoms. The average molecular weight is 265 g/mol. The summed E-state index contributed by atoms with van der Waals surface area (Å²) in [4.78, 5) is 0.648. The van der Waals surface area contributed by atoms with E-state index in [-0.39, 0.29) is 5.41 Å². The van der Waals surface area contributed by atoms with Gasteiger partial charge in [0.15, 0.2) is 0 Å². The van der Waals surface area contributed by atoms with Crippen LogP contribution in [-0.4, -0.2) is 19.2 Å². The minimum atomic E-state index is -1.23. The van der Waals surface area contributed by atoms with Crippen LogP contribution in [0.25, 0.3) is 0 Å². The van der Waals surface area contributed by atoms with Gasteiger partial charge in [-0.15, -0.1) is 6.58 Å². The lowest BCUT2D eigenvalue weighted by atomic mass is 9.84. The van der Waals surface area contributed by atoms with Gasteiger partial charge in [-0.2, -0.15) is 11.8 Å². The molecule has 2 heteroatoms. The summed E-state index contributed by atoms with van der Waals surface area (Å²) in [6.07, 6.45) is 4.37. The van der Waals surface area contributed by atoms with Gasteiger partial charge >= 0.3 is 0 Å². The van der Waals surface area contributed by atoms with Crippen LogP contribution in [0.3, 0.4) is 0 Å². The zero-order chi connectivity index (χ0) is 13.1. The van der Waals surface area contributed by atoms with Crippen molar-refractivity contribution < 1.29 is 0 Å². The predicted octanol–water partition coefficient (Wildman–Crippen LogP) is 4.74. The highest BCUT2D eigenvalue weighted by Gasteiger charge is 2.40. The molecule has 0 saturated heterocycles. The summed E-state index contributed by atoms with van der Waals surface area (Å²) in [6.45, 7) is 13.8. The van der Waals surface area contributed by atoms with Gasteiger partial charge in [0.25, 0.3) is 0 Å². The lowest BCUT2D eigenvalue weighted by Gasteiger charge is -2.41. The smallest absolute Gasteiger partial charge is 0.0602 e. The second-order valence-corrected chi connectivity index (χ2v) is 12.5. The summed E-state index contributed by atoms with van der Waals surface area (Å²) < 4.78 is 0. The number of hydrogen-bond acceptors (Lipinski definition) is 1. The summed E-state index contributed by atoms with van der Waals surface area (Å²) in [5.74, 6) is 0. The van der Waals surface area contributed by atoms with Crippen molar-refractivity contribution in [2.24, 2.45) is 0 Å². The average Bonchev–Trinajstić information content (AvgIpc) is 2.29. The van der Waals surface area contributed by atoms with E-state index in [1.165, 1.54) is 5.56 Å². The predicted molar refractivity (Wildman–Crippen MR) is 84.6 cm³/mol. The normalized spacial score (nSPS) is 17.2. The molecule has 0 N–H and O–H groups in total. The molecule has 0 aliphatic heterocycles. The van der Waals surface area contributed by atoms with Crippen LogP contribution in [0, 0.1) is 0 Å². The first-order valence-corrected chi connectivity index (χ1v) is 10.9. The highest BCUT2D eigenvalue weighted by atomic mass is 32.2. The van der Waals surface area contributed by atoms with E-state index >= 15 is 0 Å². The van der Waals surface area contributed by atoms with Crippen LogP contribution in [0.5, 0.6) is 0 Å². The second kappa shape index (κ2) is 5.45. The fraction of sp³-hybridized carbons (Fsp3) is 0.467. The maximum Gasteiger partial charge on any atom is 0.0602 e. The van der Waals surface area contributed by atoms with E-state index in [1.807, 2.05) is 11.8 Å². The van der Waals surface area contributed by atoms with Crippen molar-refractivity contribution in [3.05, 3.63) is 48.6 Å². The molecule has 0 amide bonds. The van der Waals surface area contributed by atoms with Gasteiger partial charge in [0, 0.05) is 10.3 Å². The fourth-order valence-corrected chi connectivity index (χ4v) is 8.31. The van der Waals surface area contributed by atoms with Crippen LogP contribution in [0.2, 0.25) is 19.6 Å². The van der Waals surface area contributed by atoms with Crippen molar-refractivity contribution in [1.29, 1.82) is 0 Å². The Morgan fingerprint density at radius 1 is 1.24 bits per heavy atom. The Bertz CT molecular complexity index is 366. The van der Waals surface area contributed by atoms with Crippen LogP contribution in [0.1, 0.15) is 12.5 Å². The number of thioether (sulfide) groups is 1. The molecule has 0 saturated carbocycles. The Hall–Kier alpha value is -0.473. The Labute approximate surface area is 112 Å². The maximum atomic E-state index is 4.10. The van der Waals surface area contributed by atoms with Gasteiger partial charge in [-0.05, 0) is 11.8 Å². The maximum absolute atomic E-state index is 4.10. The zero-order valence-corrected chi connectivity index (χ0v) is 13.5. The van der Waals surface area contributed by atoms with E-state index in [0.717, 1.165) is 0 Å². The fourth-order valence-electron chi connectivity index (χ4n) is 2.67. The molecule has 0 aliphatic rings. The molecular weight excluding hydrogens is 240 g/mol. The lowest BCUT2D eigenvalue weighted by Crippen LogP contribution is -2.48. The first kappa shape index (κ1) is 14.6. The number of rotatable bonds is 5. The van der Waals surface area contributed by atoms with Crippen molar-refractivity contribution in [3.63, 3.8) is 0 Å². The quantitative estimate of drug-likeness (QED) is 0.547. The van der Waals surface area contributed by atoms with Gasteiger partial charge in [0.05, 0.1) is 8.07 Å². The van der Waals surface area contributed by atoms with Crippen molar-refractivity contribution in [3.8, 4) is 0 Å². The molecule has 0 spiro atoms. The van der Waals surface area contributed by atoms with Crippen molar-refractivity contribution in [2.45, 2.75) is 36.9 Å². The summed E-state index contributed by atoms with van der Waals surface area (Å²) in [5, 5.41) is 0. The van der Waals surface area contributed by atoms with E-state index in [9.17, 15) is 0 Å². The summed E-state index contributed by atoms with van der Waals surface area (Å²) >= 11 is 1.99. The third-order valence-corrected chi connectivity index (χ3v) is 9.35. The standard InChI is InChI=1S/C15H24SSi/c1-7-15(2,13-11-9-8-10-12-13)14(16-3)17(4,5)6/h7-12,14H,1H2,2-6H3/t14-,15?/m1/s1. The highest BCUT2D eigenvalue weighted by Crippen LogP contribution is 2.40. The molecule has 0 aromatic heterocycles. The summed E-state index contributed by atoms with van der Waals surface area (Å²) in [5.41, 5.74) is 1.46. The molecule has 17 heavy (non-hydrogen) atoms. The number of hydrogen-bond donors (Lipinski definition) is 0. The highest BCUT2D eigenvalue weighted by molar-refractivity contribution is 8.01. The number of benzene rings is 1. The third kappa shape index (κ3) is 3.05. The van der Waals surface area contributed by atoms with E-state index < -0.39 is 8.07 Å². The van der Waals surface area contributed by atoms with Crippen LogP contribution < -0.4 is 0 Å². The molecule has 0 nitrogen and oxygen atoms in total. The third-order valence-electron chi connectivity index (χ3n) is 3.39. The molecule has 1 aromatic carbocycles.